The summed E-state index contributed by atoms with van der Waals surface area (Å²) in [6.07, 6.45) is 0. The molecule has 0 fully saturated rings. The number of aromatic nitrogens is 1. The largest absolute Gasteiger partial charge is 0.372 e. The Kier molecular flexibility index (Phi) is 2.20. The monoisotopic (exact) mass is 165 g/mol. The van der Waals surface area contributed by atoms with Gasteiger partial charge in [0, 0.05) is 6.07 Å². The van der Waals surface area contributed by atoms with Crippen molar-refractivity contribution in [3.63, 3.8) is 0 Å². The van der Waals surface area contributed by atoms with Crippen molar-refractivity contribution in [1.29, 1.82) is 0 Å². The topological polar surface area (TPSA) is 46.3 Å². The summed E-state index contributed by atoms with van der Waals surface area (Å²) in [6, 6.07) is 1.67. The van der Waals surface area contributed by atoms with Crippen molar-refractivity contribution in [3.05, 3.63) is 17.5 Å². The predicted octanol–water partition coefficient (Wildman–Crippen LogP) is 1.21. The lowest BCUT2D eigenvalue weighted by molar-refractivity contribution is 0.112. The Morgan fingerprint density at radius 1 is 1.67 bits per heavy atom. The van der Waals surface area contributed by atoms with Gasteiger partial charge in [-0.3, -0.25) is 0 Å². The van der Waals surface area contributed by atoms with E-state index in [0.717, 1.165) is 0 Å². The number of hydrogen-bond donors (Lipinski definition) is 1. The average molecular weight is 165 g/mol. The molecule has 3 nitrogen and oxygen atoms in total. The molecule has 0 aliphatic heterocycles. The van der Waals surface area contributed by atoms with Gasteiger partial charge in [0.25, 0.3) is 0 Å². The van der Waals surface area contributed by atoms with Crippen molar-refractivity contribution < 1.29 is 9.63 Å². The summed E-state index contributed by atoms with van der Waals surface area (Å²) in [5.41, 5.74) is -0.749. The summed E-state index contributed by atoms with van der Waals surface area (Å²) in [4.78, 5) is 0. The summed E-state index contributed by atoms with van der Waals surface area (Å²) < 4.78 is 4.82. The molecule has 0 unspecified atom stereocenters. The lowest BCUT2D eigenvalue weighted by Crippen LogP contribution is -2.18. The zero-order valence-electron chi connectivity index (χ0n) is 7.38. The fourth-order valence-electron chi connectivity index (χ4n) is 0.903. The van der Waals surface area contributed by atoms with Crippen molar-refractivity contribution >= 4 is 0 Å². The highest BCUT2D eigenvalue weighted by Crippen LogP contribution is 2.18. The molecule has 1 N–H and O–H groups in total. The first-order chi connectivity index (χ1) is 5.56. The second-order valence-electron chi connectivity index (χ2n) is 2.77. The van der Waals surface area contributed by atoms with Crippen molar-refractivity contribution in [1.82, 2.24) is 5.16 Å². The molecule has 0 spiro atoms. The minimum atomic E-state index is -1.20. The Labute approximate surface area is 71.4 Å². The molecule has 1 atom stereocenters. The number of aryl methyl sites for hydroxylation is 1. The van der Waals surface area contributed by atoms with Crippen LogP contribution in [0.1, 0.15) is 25.3 Å². The van der Waals surface area contributed by atoms with Crippen LogP contribution in [0.5, 0.6) is 0 Å². The Morgan fingerprint density at radius 3 is 2.75 bits per heavy atom. The van der Waals surface area contributed by atoms with Gasteiger partial charge < -0.3 is 9.63 Å². The normalized spacial score (nSPS) is 14.7. The van der Waals surface area contributed by atoms with Crippen LogP contribution in [-0.4, -0.2) is 10.3 Å². The molecule has 0 radical (unpaired) electrons. The van der Waals surface area contributed by atoms with Gasteiger partial charge in [-0.1, -0.05) is 11.1 Å². The van der Waals surface area contributed by atoms with Gasteiger partial charge in [0.15, 0.2) is 5.60 Å². The summed E-state index contributed by atoms with van der Waals surface area (Å²) in [6.45, 7) is 5.02. The van der Waals surface area contributed by atoms with Crippen LogP contribution in [0.4, 0.5) is 0 Å². The van der Waals surface area contributed by atoms with Crippen LogP contribution in [0.3, 0.4) is 0 Å². The molecule has 1 rings (SSSR count). The van der Waals surface area contributed by atoms with E-state index in [4.69, 9.17) is 4.52 Å². The third kappa shape index (κ3) is 1.66. The number of hydrogen-bond acceptors (Lipinski definition) is 3. The number of rotatable bonds is 1. The van der Waals surface area contributed by atoms with Crippen molar-refractivity contribution in [2.75, 3.05) is 0 Å². The fraction of sp³-hybridized carbons (Fsp3) is 0.444. The highest BCUT2D eigenvalue weighted by atomic mass is 16.5. The van der Waals surface area contributed by atoms with Crippen LogP contribution < -0.4 is 0 Å². The Bertz CT molecular complexity index is 328. The van der Waals surface area contributed by atoms with Crippen molar-refractivity contribution in [2.24, 2.45) is 0 Å². The maximum Gasteiger partial charge on any atom is 0.168 e. The quantitative estimate of drug-likeness (QED) is 0.636. The van der Waals surface area contributed by atoms with Gasteiger partial charge in [-0.2, -0.15) is 0 Å². The van der Waals surface area contributed by atoms with Gasteiger partial charge in [0.05, 0.1) is 0 Å². The molecule has 1 aromatic rings. The molecule has 12 heavy (non-hydrogen) atoms. The SMILES string of the molecule is CC#C[C@](C)(O)c1cc(C)on1. The molecule has 1 aromatic heterocycles. The van der Waals surface area contributed by atoms with E-state index in [2.05, 4.69) is 17.0 Å². The van der Waals surface area contributed by atoms with E-state index in [9.17, 15) is 5.11 Å². The van der Waals surface area contributed by atoms with E-state index in [0.29, 0.717) is 11.5 Å². The van der Waals surface area contributed by atoms with Gasteiger partial charge in [-0.05, 0) is 20.8 Å². The molecule has 1 heterocycles. The predicted molar refractivity (Wildman–Crippen MR) is 44.3 cm³/mol. The molecule has 0 amide bonds. The van der Waals surface area contributed by atoms with Gasteiger partial charge in [0.1, 0.15) is 11.5 Å². The summed E-state index contributed by atoms with van der Waals surface area (Å²) in [7, 11) is 0. The first-order valence-corrected chi connectivity index (χ1v) is 3.66. The van der Waals surface area contributed by atoms with Crippen LogP contribution in [-0.2, 0) is 5.60 Å². The van der Waals surface area contributed by atoms with E-state index in [1.807, 2.05) is 0 Å². The Morgan fingerprint density at radius 2 is 2.33 bits per heavy atom. The van der Waals surface area contributed by atoms with E-state index in [-0.39, 0.29) is 0 Å². The summed E-state index contributed by atoms with van der Waals surface area (Å²) in [5, 5.41) is 13.4. The third-order valence-electron chi connectivity index (χ3n) is 1.50. The maximum absolute atomic E-state index is 9.70. The molecular weight excluding hydrogens is 154 g/mol. The Hall–Kier alpha value is -1.27. The first kappa shape index (κ1) is 8.82. The number of nitrogens with zero attached hydrogens (tertiary/aromatic N) is 1. The highest BCUT2D eigenvalue weighted by molar-refractivity contribution is 5.24. The third-order valence-corrected chi connectivity index (χ3v) is 1.50. The van der Waals surface area contributed by atoms with E-state index in [1.165, 1.54) is 0 Å². The van der Waals surface area contributed by atoms with E-state index < -0.39 is 5.60 Å². The van der Waals surface area contributed by atoms with E-state index >= 15 is 0 Å². The van der Waals surface area contributed by atoms with Gasteiger partial charge in [-0.25, -0.2) is 0 Å². The van der Waals surface area contributed by atoms with Crippen molar-refractivity contribution in [3.8, 4) is 11.8 Å². The minimum absolute atomic E-state index is 0.453. The lowest BCUT2D eigenvalue weighted by atomic mass is 10.0. The van der Waals surface area contributed by atoms with Crippen LogP contribution >= 0.6 is 0 Å². The van der Waals surface area contributed by atoms with Gasteiger partial charge in [0.2, 0.25) is 0 Å². The molecule has 64 valence electrons. The van der Waals surface area contributed by atoms with Crippen LogP contribution in [0.15, 0.2) is 10.6 Å². The lowest BCUT2D eigenvalue weighted by Gasteiger charge is -2.10. The molecule has 0 saturated heterocycles. The molecule has 0 aliphatic rings. The van der Waals surface area contributed by atoms with Crippen LogP contribution in [0.2, 0.25) is 0 Å². The highest BCUT2D eigenvalue weighted by Gasteiger charge is 2.23. The zero-order valence-corrected chi connectivity index (χ0v) is 7.38. The molecule has 0 aliphatic carbocycles. The van der Waals surface area contributed by atoms with Crippen molar-refractivity contribution in [2.45, 2.75) is 26.4 Å². The van der Waals surface area contributed by atoms with Crippen LogP contribution in [0.25, 0.3) is 0 Å². The number of aliphatic hydroxyl groups is 1. The minimum Gasteiger partial charge on any atom is -0.372 e. The second kappa shape index (κ2) is 3.00. The second-order valence-corrected chi connectivity index (χ2v) is 2.77. The molecule has 0 saturated carbocycles. The molecule has 0 aromatic carbocycles. The van der Waals surface area contributed by atoms with Gasteiger partial charge in [-0.15, -0.1) is 5.92 Å². The molecular formula is C9H11NO2. The van der Waals surface area contributed by atoms with E-state index in [1.54, 1.807) is 26.8 Å². The smallest absolute Gasteiger partial charge is 0.168 e. The van der Waals surface area contributed by atoms with Gasteiger partial charge >= 0.3 is 0 Å². The standard InChI is InChI=1S/C9H11NO2/c1-4-5-9(3,11)8-6-7(2)12-10-8/h6,11H,1-3H3/t9-/m0/s1. The first-order valence-electron chi connectivity index (χ1n) is 3.66. The maximum atomic E-state index is 9.70. The zero-order chi connectivity index (χ0) is 9.19. The van der Waals surface area contributed by atoms with Crippen LogP contribution in [0, 0.1) is 18.8 Å². The fourth-order valence-corrected chi connectivity index (χ4v) is 0.903. The molecule has 0 bridgehead atoms. The molecule has 3 heteroatoms. The summed E-state index contributed by atoms with van der Waals surface area (Å²) >= 11 is 0. The summed E-state index contributed by atoms with van der Waals surface area (Å²) in [5.74, 6) is 5.94. The average Bonchev–Trinajstić information content (AvgIpc) is 2.36. The Balaban J connectivity index is 3.02.